The van der Waals surface area contributed by atoms with E-state index in [1.807, 2.05) is 6.20 Å². The SMILES string of the molecule is CC(C)NCc1ccc(COCC2CCCCC2)nc1. The maximum Gasteiger partial charge on any atom is 0.0887 e. The third kappa shape index (κ3) is 5.59. The van der Waals surface area contributed by atoms with Crippen molar-refractivity contribution >= 4 is 0 Å². The van der Waals surface area contributed by atoms with Crippen molar-refractivity contribution in [1.29, 1.82) is 0 Å². The Morgan fingerprint density at radius 3 is 2.70 bits per heavy atom. The monoisotopic (exact) mass is 276 g/mol. The van der Waals surface area contributed by atoms with Crippen LogP contribution in [-0.4, -0.2) is 17.6 Å². The van der Waals surface area contributed by atoms with Gasteiger partial charge >= 0.3 is 0 Å². The summed E-state index contributed by atoms with van der Waals surface area (Å²) in [5.74, 6) is 0.776. The van der Waals surface area contributed by atoms with Gasteiger partial charge in [-0.1, -0.05) is 39.2 Å². The van der Waals surface area contributed by atoms with Crippen LogP contribution < -0.4 is 5.32 Å². The molecule has 3 nitrogen and oxygen atoms in total. The molecule has 3 heteroatoms. The molecule has 2 rings (SSSR count). The van der Waals surface area contributed by atoms with Crippen LogP contribution in [0.1, 0.15) is 57.2 Å². The van der Waals surface area contributed by atoms with Gasteiger partial charge in [0.1, 0.15) is 0 Å². The van der Waals surface area contributed by atoms with Crippen molar-refractivity contribution in [3.05, 3.63) is 29.6 Å². The molecule has 0 unspecified atom stereocenters. The Bertz CT molecular complexity index is 369. The molecule has 20 heavy (non-hydrogen) atoms. The van der Waals surface area contributed by atoms with E-state index in [0.29, 0.717) is 12.6 Å². The van der Waals surface area contributed by atoms with Crippen LogP contribution in [-0.2, 0) is 17.9 Å². The number of hydrogen-bond acceptors (Lipinski definition) is 3. The topological polar surface area (TPSA) is 34.1 Å². The number of aromatic nitrogens is 1. The number of pyridine rings is 1. The molecule has 1 fully saturated rings. The van der Waals surface area contributed by atoms with E-state index in [9.17, 15) is 0 Å². The fourth-order valence-electron chi connectivity index (χ4n) is 2.65. The Kier molecular flexibility index (Phi) is 6.48. The van der Waals surface area contributed by atoms with Crippen LogP contribution in [0, 0.1) is 5.92 Å². The summed E-state index contributed by atoms with van der Waals surface area (Å²) in [6, 6.07) is 4.73. The maximum absolute atomic E-state index is 5.82. The molecule has 0 amide bonds. The smallest absolute Gasteiger partial charge is 0.0887 e. The van der Waals surface area contributed by atoms with E-state index in [1.54, 1.807) is 0 Å². The summed E-state index contributed by atoms with van der Waals surface area (Å²) in [4.78, 5) is 4.47. The van der Waals surface area contributed by atoms with Crippen LogP contribution in [0.15, 0.2) is 18.3 Å². The van der Waals surface area contributed by atoms with E-state index in [0.717, 1.165) is 24.8 Å². The number of rotatable bonds is 7. The van der Waals surface area contributed by atoms with Gasteiger partial charge in [0, 0.05) is 25.4 Å². The lowest BCUT2D eigenvalue weighted by molar-refractivity contribution is 0.0720. The zero-order valence-corrected chi connectivity index (χ0v) is 12.9. The second-order valence-corrected chi connectivity index (χ2v) is 6.21. The van der Waals surface area contributed by atoms with Gasteiger partial charge in [0.15, 0.2) is 0 Å². The van der Waals surface area contributed by atoms with Crippen molar-refractivity contribution in [2.24, 2.45) is 5.92 Å². The summed E-state index contributed by atoms with van der Waals surface area (Å²) in [6.45, 7) is 6.74. The molecule has 0 aromatic carbocycles. The molecule has 1 aromatic rings. The van der Waals surface area contributed by atoms with Crippen molar-refractivity contribution in [2.45, 2.75) is 65.1 Å². The number of ether oxygens (including phenoxy) is 1. The van der Waals surface area contributed by atoms with Gasteiger partial charge in [-0.05, 0) is 30.4 Å². The van der Waals surface area contributed by atoms with E-state index in [2.05, 4.69) is 36.3 Å². The highest BCUT2D eigenvalue weighted by molar-refractivity contribution is 5.13. The quantitative estimate of drug-likeness (QED) is 0.825. The molecule has 0 radical (unpaired) electrons. The first-order valence-electron chi connectivity index (χ1n) is 7.99. The molecule has 112 valence electrons. The molecular weight excluding hydrogens is 248 g/mol. The van der Waals surface area contributed by atoms with E-state index in [4.69, 9.17) is 4.74 Å². The van der Waals surface area contributed by atoms with Crippen LogP contribution in [0.2, 0.25) is 0 Å². The summed E-state index contributed by atoms with van der Waals surface area (Å²) in [5.41, 5.74) is 2.27. The van der Waals surface area contributed by atoms with Crippen molar-refractivity contribution in [2.75, 3.05) is 6.61 Å². The largest absolute Gasteiger partial charge is 0.375 e. The van der Waals surface area contributed by atoms with E-state index in [-0.39, 0.29) is 0 Å². The van der Waals surface area contributed by atoms with Gasteiger partial charge in [-0.15, -0.1) is 0 Å². The van der Waals surface area contributed by atoms with E-state index >= 15 is 0 Å². The zero-order chi connectivity index (χ0) is 14.2. The molecule has 1 heterocycles. The minimum absolute atomic E-state index is 0.508. The molecule has 0 aliphatic heterocycles. The fraction of sp³-hybridized carbons (Fsp3) is 0.706. The van der Waals surface area contributed by atoms with Gasteiger partial charge in [-0.25, -0.2) is 0 Å². The second kappa shape index (κ2) is 8.38. The summed E-state index contributed by atoms with van der Waals surface area (Å²) in [5, 5.41) is 3.40. The number of nitrogens with zero attached hydrogens (tertiary/aromatic N) is 1. The van der Waals surface area contributed by atoms with Gasteiger partial charge in [0.25, 0.3) is 0 Å². The summed E-state index contributed by atoms with van der Waals surface area (Å²) in [6.07, 6.45) is 8.80. The summed E-state index contributed by atoms with van der Waals surface area (Å²) in [7, 11) is 0. The summed E-state index contributed by atoms with van der Waals surface area (Å²) < 4.78 is 5.82. The third-order valence-corrected chi connectivity index (χ3v) is 3.93. The Labute approximate surface area is 123 Å². The first-order chi connectivity index (χ1) is 9.74. The molecule has 1 N–H and O–H groups in total. The Morgan fingerprint density at radius 1 is 1.25 bits per heavy atom. The van der Waals surface area contributed by atoms with Crippen molar-refractivity contribution in [1.82, 2.24) is 10.3 Å². The highest BCUT2D eigenvalue weighted by atomic mass is 16.5. The average molecular weight is 276 g/mol. The molecule has 0 spiro atoms. The summed E-state index contributed by atoms with van der Waals surface area (Å²) >= 11 is 0. The lowest BCUT2D eigenvalue weighted by atomic mass is 9.90. The van der Waals surface area contributed by atoms with Crippen LogP contribution in [0.5, 0.6) is 0 Å². The van der Waals surface area contributed by atoms with E-state index in [1.165, 1.54) is 37.7 Å². The fourth-order valence-corrected chi connectivity index (χ4v) is 2.65. The molecule has 1 saturated carbocycles. The van der Waals surface area contributed by atoms with E-state index < -0.39 is 0 Å². The first-order valence-corrected chi connectivity index (χ1v) is 7.99. The van der Waals surface area contributed by atoms with Crippen LogP contribution in [0.3, 0.4) is 0 Å². The molecule has 0 atom stereocenters. The minimum Gasteiger partial charge on any atom is -0.375 e. The predicted octanol–water partition coefficient (Wildman–Crippen LogP) is 3.68. The number of hydrogen-bond donors (Lipinski definition) is 1. The van der Waals surface area contributed by atoms with Gasteiger partial charge in [-0.3, -0.25) is 4.98 Å². The Hall–Kier alpha value is -0.930. The Balaban J connectivity index is 1.67. The van der Waals surface area contributed by atoms with Crippen molar-refractivity contribution < 1.29 is 4.74 Å². The molecule has 0 bridgehead atoms. The van der Waals surface area contributed by atoms with Crippen LogP contribution >= 0.6 is 0 Å². The predicted molar refractivity (Wildman–Crippen MR) is 82.4 cm³/mol. The highest BCUT2D eigenvalue weighted by Crippen LogP contribution is 2.23. The third-order valence-electron chi connectivity index (χ3n) is 3.93. The molecule has 1 aliphatic rings. The van der Waals surface area contributed by atoms with Crippen molar-refractivity contribution in [3.63, 3.8) is 0 Å². The van der Waals surface area contributed by atoms with Gasteiger partial charge in [0.2, 0.25) is 0 Å². The van der Waals surface area contributed by atoms with Crippen LogP contribution in [0.4, 0.5) is 0 Å². The van der Waals surface area contributed by atoms with Crippen molar-refractivity contribution in [3.8, 4) is 0 Å². The second-order valence-electron chi connectivity index (χ2n) is 6.21. The average Bonchev–Trinajstić information content (AvgIpc) is 2.47. The van der Waals surface area contributed by atoms with Gasteiger partial charge in [-0.2, -0.15) is 0 Å². The standard InChI is InChI=1S/C17H28N2O/c1-14(2)18-10-16-8-9-17(19-11-16)13-20-12-15-6-4-3-5-7-15/h8-9,11,14-15,18H,3-7,10,12-13H2,1-2H3. The Morgan fingerprint density at radius 2 is 2.05 bits per heavy atom. The lowest BCUT2D eigenvalue weighted by Gasteiger charge is -2.21. The lowest BCUT2D eigenvalue weighted by Crippen LogP contribution is -2.21. The van der Waals surface area contributed by atoms with Gasteiger partial charge in [0.05, 0.1) is 12.3 Å². The maximum atomic E-state index is 5.82. The highest BCUT2D eigenvalue weighted by Gasteiger charge is 2.13. The molecule has 1 aliphatic carbocycles. The molecular formula is C17H28N2O. The zero-order valence-electron chi connectivity index (χ0n) is 12.9. The van der Waals surface area contributed by atoms with Crippen LogP contribution in [0.25, 0.3) is 0 Å². The first kappa shape index (κ1) is 15.5. The van der Waals surface area contributed by atoms with Gasteiger partial charge < -0.3 is 10.1 Å². The molecule has 0 saturated heterocycles. The molecule has 1 aromatic heterocycles. The normalized spacial score (nSPS) is 16.8. The minimum atomic E-state index is 0.508. The number of nitrogens with one attached hydrogen (secondary N) is 1.